The van der Waals surface area contributed by atoms with E-state index in [2.05, 4.69) is 18.3 Å². The molecular formula is C21H31NO2. The maximum Gasteiger partial charge on any atom is 0.127 e. The maximum atomic E-state index is 5.55. The topological polar surface area (TPSA) is 30.5 Å². The Kier molecular flexibility index (Phi) is 4.24. The zero-order valence-electron chi connectivity index (χ0n) is 15.3. The molecule has 4 fully saturated rings. The van der Waals surface area contributed by atoms with Crippen LogP contribution in [-0.4, -0.2) is 20.3 Å². The molecule has 1 aromatic carbocycles. The Labute approximate surface area is 146 Å². The van der Waals surface area contributed by atoms with Crippen LogP contribution in [0.25, 0.3) is 0 Å². The molecule has 0 heterocycles. The van der Waals surface area contributed by atoms with Crippen molar-refractivity contribution in [3.63, 3.8) is 0 Å². The summed E-state index contributed by atoms with van der Waals surface area (Å²) in [6.45, 7) is 3.29. The largest absolute Gasteiger partial charge is 0.497 e. The van der Waals surface area contributed by atoms with Gasteiger partial charge in [-0.25, -0.2) is 0 Å². The molecule has 24 heavy (non-hydrogen) atoms. The molecular weight excluding hydrogens is 298 g/mol. The number of rotatable bonds is 6. The summed E-state index contributed by atoms with van der Waals surface area (Å²) in [6.07, 6.45) is 8.89. The molecule has 0 radical (unpaired) electrons. The second-order valence-electron chi connectivity index (χ2n) is 8.56. The molecule has 0 spiro atoms. The van der Waals surface area contributed by atoms with Gasteiger partial charge in [0.15, 0.2) is 0 Å². The summed E-state index contributed by atoms with van der Waals surface area (Å²) in [5.41, 5.74) is 1.77. The van der Waals surface area contributed by atoms with Crippen LogP contribution in [0.5, 0.6) is 11.5 Å². The molecule has 1 aromatic rings. The van der Waals surface area contributed by atoms with E-state index < -0.39 is 0 Å². The minimum atomic E-state index is 0.550. The number of methoxy groups -OCH3 is 2. The van der Waals surface area contributed by atoms with Gasteiger partial charge in [-0.05, 0) is 74.7 Å². The minimum Gasteiger partial charge on any atom is -0.497 e. The lowest BCUT2D eigenvalue weighted by atomic mass is 9.48. The SMILES string of the molecule is COc1ccc(CN[C@@H](C)C23CC4CC(CC(C4)C2)C3)c(OC)c1. The number of hydrogen-bond acceptors (Lipinski definition) is 3. The Morgan fingerprint density at radius 1 is 1.04 bits per heavy atom. The molecule has 1 atom stereocenters. The van der Waals surface area contributed by atoms with Crippen LogP contribution in [-0.2, 0) is 6.54 Å². The Hall–Kier alpha value is -1.22. The summed E-state index contributed by atoms with van der Waals surface area (Å²) in [7, 11) is 3.43. The van der Waals surface area contributed by atoms with Crippen molar-refractivity contribution < 1.29 is 9.47 Å². The number of ether oxygens (including phenoxy) is 2. The Balaban J connectivity index is 1.44. The zero-order valence-corrected chi connectivity index (χ0v) is 15.3. The van der Waals surface area contributed by atoms with E-state index in [1.54, 1.807) is 14.2 Å². The van der Waals surface area contributed by atoms with E-state index in [-0.39, 0.29) is 0 Å². The van der Waals surface area contributed by atoms with Crippen molar-refractivity contribution in [3.8, 4) is 11.5 Å². The van der Waals surface area contributed by atoms with Gasteiger partial charge in [-0.1, -0.05) is 6.07 Å². The highest BCUT2D eigenvalue weighted by atomic mass is 16.5. The first-order valence-electron chi connectivity index (χ1n) is 9.56. The molecule has 4 aliphatic carbocycles. The molecule has 5 rings (SSSR count). The molecule has 0 amide bonds. The van der Waals surface area contributed by atoms with Gasteiger partial charge < -0.3 is 14.8 Å². The first-order valence-corrected chi connectivity index (χ1v) is 9.56. The fourth-order valence-corrected chi connectivity index (χ4v) is 6.19. The summed E-state index contributed by atoms with van der Waals surface area (Å²) in [6, 6.07) is 6.70. The van der Waals surface area contributed by atoms with Crippen LogP contribution in [0.3, 0.4) is 0 Å². The van der Waals surface area contributed by atoms with Crippen molar-refractivity contribution in [3.05, 3.63) is 23.8 Å². The normalized spacial score (nSPS) is 35.0. The van der Waals surface area contributed by atoms with Gasteiger partial charge in [0.25, 0.3) is 0 Å². The molecule has 4 saturated carbocycles. The number of hydrogen-bond donors (Lipinski definition) is 1. The summed E-state index contributed by atoms with van der Waals surface area (Å²) >= 11 is 0. The van der Waals surface area contributed by atoms with Gasteiger partial charge in [-0.15, -0.1) is 0 Å². The van der Waals surface area contributed by atoms with Gasteiger partial charge in [0, 0.05) is 24.2 Å². The molecule has 3 nitrogen and oxygen atoms in total. The van der Waals surface area contributed by atoms with E-state index in [9.17, 15) is 0 Å². The number of benzene rings is 1. The first-order chi connectivity index (χ1) is 11.6. The fraction of sp³-hybridized carbons (Fsp3) is 0.714. The van der Waals surface area contributed by atoms with Crippen molar-refractivity contribution in [2.45, 2.75) is 58.0 Å². The molecule has 1 N–H and O–H groups in total. The molecule has 3 heteroatoms. The molecule has 132 valence electrons. The third kappa shape index (κ3) is 2.81. The van der Waals surface area contributed by atoms with E-state index in [1.807, 2.05) is 12.1 Å². The van der Waals surface area contributed by atoms with Crippen LogP contribution < -0.4 is 14.8 Å². The Morgan fingerprint density at radius 3 is 2.21 bits per heavy atom. The highest BCUT2D eigenvalue weighted by molar-refractivity contribution is 5.40. The van der Waals surface area contributed by atoms with Crippen LogP contribution in [0.15, 0.2) is 18.2 Å². The average Bonchev–Trinajstić information content (AvgIpc) is 2.58. The molecule has 0 aliphatic heterocycles. The summed E-state index contributed by atoms with van der Waals surface area (Å²) < 4.78 is 10.9. The third-order valence-corrected chi connectivity index (χ3v) is 7.10. The van der Waals surface area contributed by atoms with Crippen molar-refractivity contribution in [1.82, 2.24) is 5.32 Å². The molecule has 4 bridgehead atoms. The van der Waals surface area contributed by atoms with Crippen LogP contribution in [0.4, 0.5) is 0 Å². The summed E-state index contributed by atoms with van der Waals surface area (Å²) in [5, 5.41) is 3.85. The van der Waals surface area contributed by atoms with Gasteiger partial charge in [0.05, 0.1) is 14.2 Å². The third-order valence-electron chi connectivity index (χ3n) is 7.10. The molecule has 0 saturated heterocycles. The predicted octanol–water partition coefficient (Wildman–Crippen LogP) is 4.40. The van der Waals surface area contributed by atoms with Crippen LogP contribution in [0.2, 0.25) is 0 Å². The highest BCUT2D eigenvalue weighted by Crippen LogP contribution is 2.61. The molecule has 4 aliphatic rings. The van der Waals surface area contributed by atoms with Gasteiger partial charge in [-0.3, -0.25) is 0 Å². The lowest BCUT2D eigenvalue weighted by molar-refractivity contribution is -0.0706. The molecule has 0 aromatic heterocycles. The van der Waals surface area contributed by atoms with Crippen LogP contribution >= 0.6 is 0 Å². The van der Waals surface area contributed by atoms with Gasteiger partial charge in [-0.2, -0.15) is 0 Å². The lowest BCUT2D eigenvalue weighted by Gasteiger charge is -2.59. The summed E-state index contributed by atoms with van der Waals surface area (Å²) in [5.74, 6) is 4.80. The minimum absolute atomic E-state index is 0.550. The van der Waals surface area contributed by atoms with Crippen molar-refractivity contribution in [2.75, 3.05) is 14.2 Å². The van der Waals surface area contributed by atoms with E-state index in [4.69, 9.17) is 9.47 Å². The second kappa shape index (κ2) is 6.25. The van der Waals surface area contributed by atoms with Gasteiger partial charge >= 0.3 is 0 Å². The van der Waals surface area contributed by atoms with E-state index in [1.165, 1.54) is 44.1 Å². The van der Waals surface area contributed by atoms with Gasteiger partial charge in [0.1, 0.15) is 11.5 Å². The first kappa shape index (κ1) is 16.3. The standard InChI is InChI=1S/C21H31NO2/c1-14(21-10-15-6-16(11-21)8-17(7-15)12-21)22-13-18-4-5-19(23-2)9-20(18)24-3/h4-5,9,14-17,22H,6-8,10-13H2,1-3H3/t14-,15?,16?,17?,21?/m0/s1. The van der Waals surface area contributed by atoms with Crippen molar-refractivity contribution in [2.24, 2.45) is 23.2 Å². The maximum absolute atomic E-state index is 5.55. The van der Waals surface area contributed by atoms with E-state index >= 15 is 0 Å². The molecule has 0 unspecified atom stereocenters. The highest BCUT2D eigenvalue weighted by Gasteiger charge is 2.52. The van der Waals surface area contributed by atoms with Crippen LogP contribution in [0, 0.1) is 23.2 Å². The van der Waals surface area contributed by atoms with Gasteiger partial charge in [0.2, 0.25) is 0 Å². The average molecular weight is 329 g/mol. The Bertz CT molecular complexity index is 562. The fourth-order valence-electron chi connectivity index (χ4n) is 6.19. The van der Waals surface area contributed by atoms with Crippen molar-refractivity contribution >= 4 is 0 Å². The monoisotopic (exact) mass is 329 g/mol. The van der Waals surface area contributed by atoms with E-state index in [0.717, 1.165) is 35.8 Å². The smallest absolute Gasteiger partial charge is 0.127 e. The second-order valence-corrected chi connectivity index (χ2v) is 8.56. The van der Waals surface area contributed by atoms with Crippen molar-refractivity contribution in [1.29, 1.82) is 0 Å². The zero-order chi connectivity index (χ0) is 16.7. The van der Waals surface area contributed by atoms with Crippen LogP contribution in [0.1, 0.15) is 51.0 Å². The van der Waals surface area contributed by atoms with E-state index in [0.29, 0.717) is 11.5 Å². The quantitative estimate of drug-likeness (QED) is 0.839. The Morgan fingerprint density at radius 2 is 1.67 bits per heavy atom. The lowest BCUT2D eigenvalue weighted by Crippen LogP contribution is -2.54. The summed E-state index contributed by atoms with van der Waals surface area (Å²) in [4.78, 5) is 0. The number of nitrogens with one attached hydrogen (secondary N) is 1. The predicted molar refractivity (Wildman–Crippen MR) is 96.5 cm³/mol.